The largest absolute Gasteiger partial charge is 0.493 e. The molecule has 4 N–H and O–H groups in total. The number of carbonyl (C=O) groups is 2. The van der Waals surface area contributed by atoms with Gasteiger partial charge in [0.1, 0.15) is 0 Å². The van der Waals surface area contributed by atoms with Crippen molar-refractivity contribution in [2.45, 2.75) is 26.5 Å². The molecular formula is C14H21N3O4. The van der Waals surface area contributed by atoms with Crippen LogP contribution in [0, 0.1) is 0 Å². The predicted octanol–water partition coefficient (Wildman–Crippen LogP) is 0.767. The Labute approximate surface area is 123 Å². The molecule has 0 bridgehead atoms. The van der Waals surface area contributed by atoms with Crippen molar-refractivity contribution in [1.29, 1.82) is 0 Å². The highest BCUT2D eigenvalue weighted by Gasteiger charge is 2.19. The van der Waals surface area contributed by atoms with E-state index in [-0.39, 0.29) is 0 Å². The summed E-state index contributed by atoms with van der Waals surface area (Å²) in [6, 6.07) is 4.67. The van der Waals surface area contributed by atoms with Crippen LogP contribution < -0.4 is 25.8 Å². The Bertz CT molecular complexity index is 505. The van der Waals surface area contributed by atoms with Crippen molar-refractivity contribution in [2.75, 3.05) is 13.7 Å². The second kappa shape index (κ2) is 8.11. The summed E-state index contributed by atoms with van der Waals surface area (Å²) in [4.78, 5) is 23.1. The van der Waals surface area contributed by atoms with Crippen LogP contribution in [0.25, 0.3) is 0 Å². The number of imide groups is 1. The fourth-order valence-corrected chi connectivity index (χ4v) is 1.60. The van der Waals surface area contributed by atoms with Gasteiger partial charge in [-0.3, -0.25) is 10.1 Å². The molecule has 0 saturated heterocycles. The molecule has 1 unspecified atom stereocenters. The normalized spacial score (nSPS) is 11.4. The van der Waals surface area contributed by atoms with E-state index in [4.69, 9.17) is 15.2 Å². The lowest BCUT2D eigenvalue weighted by molar-refractivity contribution is -0.126. The maximum absolute atomic E-state index is 11.8. The smallest absolute Gasteiger partial charge is 0.321 e. The Morgan fingerprint density at radius 1 is 1.33 bits per heavy atom. The molecule has 1 aromatic carbocycles. The minimum Gasteiger partial charge on any atom is -0.493 e. The molecule has 0 saturated carbocycles. The minimum atomic E-state index is -0.852. The fraction of sp³-hybridized carbons (Fsp3) is 0.429. The highest BCUT2D eigenvalue weighted by atomic mass is 16.5. The molecule has 1 rings (SSSR count). The van der Waals surface area contributed by atoms with E-state index in [2.05, 4.69) is 10.6 Å². The summed E-state index contributed by atoms with van der Waals surface area (Å²) in [6.07, 6.45) is -0.852. The quantitative estimate of drug-likeness (QED) is 0.719. The molecule has 7 heteroatoms. The Morgan fingerprint density at radius 3 is 2.62 bits per heavy atom. The molecule has 3 amide bonds. The van der Waals surface area contributed by atoms with Crippen molar-refractivity contribution >= 4 is 11.9 Å². The van der Waals surface area contributed by atoms with E-state index in [0.29, 0.717) is 24.6 Å². The lowest BCUT2D eigenvalue weighted by Gasteiger charge is -2.17. The number of hydrogen-bond donors (Lipinski definition) is 3. The number of benzene rings is 1. The van der Waals surface area contributed by atoms with Gasteiger partial charge in [0, 0.05) is 13.1 Å². The third-order valence-electron chi connectivity index (χ3n) is 2.71. The van der Waals surface area contributed by atoms with Gasteiger partial charge in [-0.05, 0) is 31.5 Å². The van der Waals surface area contributed by atoms with Crippen LogP contribution >= 0.6 is 0 Å². The number of nitrogens with two attached hydrogens (primary N) is 1. The van der Waals surface area contributed by atoms with Gasteiger partial charge in [0.2, 0.25) is 0 Å². The highest BCUT2D eigenvalue weighted by Crippen LogP contribution is 2.28. The van der Waals surface area contributed by atoms with Gasteiger partial charge in [0.05, 0.1) is 7.11 Å². The van der Waals surface area contributed by atoms with Gasteiger partial charge in [0.25, 0.3) is 5.91 Å². The van der Waals surface area contributed by atoms with E-state index in [1.54, 1.807) is 26.0 Å². The molecular weight excluding hydrogens is 274 g/mol. The van der Waals surface area contributed by atoms with E-state index >= 15 is 0 Å². The Morgan fingerprint density at radius 2 is 2.05 bits per heavy atom. The van der Waals surface area contributed by atoms with E-state index in [0.717, 1.165) is 5.56 Å². The van der Waals surface area contributed by atoms with Crippen LogP contribution in [0.15, 0.2) is 18.2 Å². The summed E-state index contributed by atoms with van der Waals surface area (Å²) in [5, 5.41) is 4.66. The van der Waals surface area contributed by atoms with Crippen LogP contribution in [0.3, 0.4) is 0 Å². The van der Waals surface area contributed by atoms with Gasteiger partial charge in [-0.25, -0.2) is 4.79 Å². The summed E-state index contributed by atoms with van der Waals surface area (Å²) < 4.78 is 10.7. The first kappa shape index (κ1) is 16.8. The van der Waals surface area contributed by atoms with Crippen LogP contribution in [0.2, 0.25) is 0 Å². The molecule has 0 radical (unpaired) electrons. The van der Waals surface area contributed by atoms with Crippen LogP contribution in [-0.4, -0.2) is 31.7 Å². The number of hydrogen-bond acceptors (Lipinski definition) is 5. The van der Waals surface area contributed by atoms with E-state index in [1.807, 2.05) is 6.07 Å². The zero-order chi connectivity index (χ0) is 15.8. The maximum atomic E-state index is 11.8. The number of urea groups is 1. The highest BCUT2D eigenvalue weighted by molar-refractivity contribution is 5.96. The third-order valence-corrected chi connectivity index (χ3v) is 2.71. The molecule has 0 aliphatic heterocycles. The molecule has 1 atom stereocenters. The third kappa shape index (κ3) is 4.96. The van der Waals surface area contributed by atoms with Crippen molar-refractivity contribution in [1.82, 2.24) is 10.6 Å². The number of methoxy groups -OCH3 is 1. The number of amides is 3. The molecule has 21 heavy (non-hydrogen) atoms. The summed E-state index contributed by atoms with van der Waals surface area (Å²) >= 11 is 0. The first-order valence-electron chi connectivity index (χ1n) is 6.64. The van der Waals surface area contributed by atoms with Crippen LogP contribution in [0.1, 0.15) is 19.4 Å². The van der Waals surface area contributed by atoms with Gasteiger partial charge in [0.15, 0.2) is 17.6 Å². The first-order chi connectivity index (χ1) is 10.0. The zero-order valence-electron chi connectivity index (χ0n) is 12.4. The van der Waals surface area contributed by atoms with Crippen LogP contribution in [0.4, 0.5) is 4.79 Å². The summed E-state index contributed by atoms with van der Waals surface area (Å²) in [5.74, 6) is 0.352. The Balaban J connectivity index is 2.75. The molecule has 7 nitrogen and oxygen atoms in total. The molecule has 0 spiro atoms. The Hall–Kier alpha value is -2.28. The molecule has 0 fully saturated rings. The van der Waals surface area contributed by atoms with Crippen molar-refractivity contribution in [3.8, 4) is 11.5 Å². The lowest BCUT2D eigenvalue weighted by Crippen LogP contribution is -2.45. The number of carbonyl (C=O) groups excluding carboxylic acids is 2. The second-order valence-electron chi connectivity index (χ2n) is 4.30. The number of ether oxygens (including phenoxy) is 2. The predicted molar refractivity (Wildman–Crippen MR) is 78.2 cm³/mol. The zero-order valence-corrected chi connectivity index (χ0v) is 12.4. The van der Waals surface area contributed by atoms with Crippen molar-refractivity contribution < 1.29 is 19.1 Å². The molecule has 0 aliphatic carbocycles. The topological polar surface area (TPSA) is 103 Å². The molecule has 1 aromatic rings. The SMILES string of the molecule is CCNC(=O)NC(=O)C(C)Oc1cc(CN)ccc1OC. The summed E-state index contributed by atoms with van der Waals surface area (Å²) in [5.41, 5.74) is 6.42. The van der Waals surface area contributed by atoms with Gasteiger partial charge in [-0.2, -0.15) is 0 Å². The maximum Gasteiger partial charge on any atom is 0.321 e. The summed E-state index contributed by atoms with van der Waals surface area (Å²) in [7, 11) is 1.50. The average Bonchev–Trinajstić information content (AvgIpc) is 2.47. The first-order valence-corrected chi connectivity index (χ1v) is 6.64. The van der Waals surface area contributed by atoms with Crippen molar-refractivity contribution in [2.24, 2.45) is 5.73 Å². The number of rotatable bonds is 6. The monoisotopic (exact) mass is 295 g/mol. The van der Waals surface area contributed by atoms with E-state index in [9.17, 15) is 9.59 Å². The minimum absolute atomic E-state index is 0.347. The van der Waals surface area contributed by atoms with Gasteiger partial charge < -0.3 is 20.5 Å². The van der Waals surface area contributed by atoms with Gasteiger partial charge >= 0.3 is 6.03 Å². The van der Waals surface area contributed by atoms with Gasteiger partial charge in [-0.15, -0.1) is 0 Å². The standard InChI is InChI=1S/C14H21N3O4/c1-4-16-14(19)17-13(18)9(2)21-12-7-10(8-15)5-6-11(12)20-3/h5-7,9H,4,8,15H2,1-3H3,(H2,16,17,18,19). The number of nitrogens with one attached hydrogen (secondary N) is 2. The summed E-state index contributed by atoms with van der Waals surface area (Å²) in [6.45, 7) is 4.08. The van der Waals surface area contributed by atoms with E-state index < -0.39 is 18.0 Å². The van der Waals surface area contributed by atoms with Crippen LogP contribution in [0.5, 0.6) is 11.5 Å². The molecule has 116 valence electrons. The Kier molecular flexibility index (Phi) is 6.48. The van der Waals surface area contributed by atoms with Crippen molar-refractivity contribution in [3.05, 3.63) is 23.8 Å². The van der Waals surface area contributed by atoms with Crippen LogP contribution in [-0.2, 0) is 11.3 Å². The lowest BCUT2D eigenvalue weighted by atomic mass is 10.2. The molecule has 0 aliphatic rings. The van der Waals surface area contributed by atoms with E-state index in [1.165, 1.54) is 7.11 Å². The van der Waals surface area contributed by atoms with Gasteiger partial charge in [-0.1, -0.05) is 6.07 Å². The van der Waals surface area contributed by atoms with Crippen molar-refractivity contribution in [3.63, 3.8) is 0 Å². The fourth-order valence-electron chi connectivity index (χ4n) is 1.60. The second-order valence-corrected chi connectivity index (χ2v) is 4.30. The molecule has 0 heterocycles. The molecule has 0 aromatic heterocycles. The average molecular weight is 295 g/mol.